The monoisotopic (exact) mass is 328 g/mol. The molecule has 2 rings (SSSR count). The van der Waals surface area contributed by atoms with Crippen molar-refractivity contribution in [3.63, 3.8) is 0 Å². The second-order valence-corrected chi connectivity index (χ2v) is 5.31. The number of benzene rings is 2. The fourth-order valence-corrected chi connectivity index (χ4v) is 2.27. The molecule has 0 aliphatic rings. The van der Waals surface area contributed by atoms with Crippen molar-refractivity contribution in [2.45, 2.75) is 6.92 Å². The molecule has 0 saturated carbocycles. The number of carbonyl (C=O) groups excluding carboxylic acids is 1. The maximum atomic E-state index is 12.5. The van der Waals surface area contributed by atoms with E-state index in [1.807, 2.05) is 19.1 Å². The maximum Gasteiger partial charge on any atom is 0.258 e. The number of hydrogen-bond acceptors (Lipinski definition) is 2. The van der Waals surface area contributed by atoms with Gasteiger partial charge in [0, 0.05) is 17.1 Å². The molecule has 0 unspecified atom stereocenters. The van der Waals surface area contributed by atoms with Crippen LogP contribution in [0.1, 0.15) is 21.5 Å². The fourth-order valence-electron chi connectivity index (χ4n) is 1.89. The van der Waals surface area contributed by atoms with E-state index in [-0.39, 0.29) is 5.91 Å². The second-order valence-electron chi connectivity index (χ2n) is 4.46. The summed E-state index contributed by atoms with van der Waals surface area (Å²) in [5.74, 6) is -0.145. The molecular weight excluding hydrogens is 316 g/mol. The molecule has 3 nitrogen and oxygen atoms in total. The smallest absolute Gasteiger partial charge is 0.258 e. The Bertz CT molecular complexity index is 704. The molecule has 0 atom stereocenters. The van der Waals surface area contributed by atoms with Gasteiger partial charge in [0.15, 0.2) is 0 Å². The van der Waals surface area contributed by atoms with E-state index in [1.54, 1.807) is 37.4 Å². The van der Waals surface area contributed by atoms with E-state index >= 15 is 0 Å². The minimum absolute atomic E-state index is 0.145. The van der Waals surface area contributed by atoms with Crippen LogP contribution in [0.2, 0.25) is 0 Å². The summed E-state index contributed by atoms with van der Waals surface area (Å²) in [6.07, 6.45) is 0. The van der Waals surface area contributed by atoms with Crippen LogP contribution in [-0.2, 0) is 0 Å². The van der Waals surface area contributed by atoms with E-state index in [0.717, 1.165) is 10.0 Å². The van der Waals surface area contributed by atoms with Gasteiger partial charge in [-0.2, -0.15) is 5.26 Å². The molecule has 20 heavy (non-hydrogen) atoms. The Balaban J connectivity index is 2.38. The zero-order chi connectivity index (χ0) is 14.7. The van der Waals surface area contributed by atoms with Crippen LogP contribution < -0.4 is 4.90 Å². The third-order valence-electron chi connectivity index (χ3n) is 3.11. The van der Waals surface area contributed by atoms with E-state index in [9.17, 15) is 4.79 Å². The number of halogens is 1. The number of rotatable bonds is 2. The van der Waals surface area contributed by atoms with E-state index in [1.165, 1.54) is 4.90 Å². The SMILES string of the molecule is Cc1ccc(C(=O)N(C)c2ccccc2C#N)cc1Br. The summed E-state index contributed by atoms with van der Waals surface area (Å²) in [6.45, 7) is 1.97. The number of carbonyl (C=O) groups is 1. The molecule has 100 valence electrons. The first-order valence-corrected chi connectivity index (χ1v) is 6.87. The first-order valence-electron chi connectivity index (χ1n) is 6.08. The highest BCUT2D eigenvalue weighted by Crippen LogP contribution is 2.22. The van der Waals surface area contributed by atoms with Gasteiger partial charge in [0.1, 0.15) is 6.07 Å². The predicted molar refractivity (Wildman–Crippen MR) is 82.8 cm³/mol. The zero-order valence-electron chi connectivity index (χ0n) is 11.2. The molecule has 0 spiro atoms. The minimum atomic E-state index is -0.145. The fraction of sp³-hybridized carbons (Fsp3) is 0.125. The zero-order valence-corrected chi connectivity index (χ0v) is 12.8. The molecule has 0 aromatic heterocycles. The topological polar surface area (TPSA) is 44.1 Å². The second kappa shape index (κ2) is 5.89. The van der Waals surface area contributed by atoms with Gasteiger partial charge in [0.25, 0.3) is 5.91 Å². The molecule has 4 heteroatoms. The molecule has 0 N–H and O–H groups in total. The number of nitriles is 1. The highest BCUT2D eigenvalue weighted by molar-refractivity contribution is 9.10. The van der Waals surface area contributed by atoms with Crippen LogP contribution in [0.4, 0.5) is 5.69 Å². The molecule has 0 fully saturated rings. The highest BCUT2D eigenvalue weighted by atomic mass is 79.9. The molecule has 2 aromatic carbocycles. The van der Waals surface area contributed by atoms with Crippen molar-refractivity contribution in [1.29, 1.82) is 5.26 Å². The van der Waals surface area contributed by atoms with Crippen molar-refractivity contribution >= 4 is 27.5 Å². The quantitative estimate of drug-likeness (QED) is 0.838. The molecule has 0 bridgehead atoms. The van der Waals surface area contributed by atoms with Crippen molar-refractivity contribution in [2.75, 3.05) is 11.9 Å². The molecule has 2 aromatic rings. The summed E-state index contributed by atoms with van der Waals surface area (Å²) in [6, 6.07) is 14.6. The van der Waals surface area contributed by atoms with Crippen LogP contribution in [0, 0.1) is 18.3 Å². The van der Waals surface area contributed by atoms with Gasteiger partial charge in [-0.1, -0.05) is 34.1 Å². The van der Waals surface area contributed by atoms with E-state index in [4.69, 9.17) is 5.26 Å². The van der Waals surface area contributed by atoms with E-state index in [2.05, 4.69) is 22.0 Å². The van der Waals surface area contributed by atoms with Crippen LogP contribution in [-0.4, -0.2) is 13.0 Å². The van der Waals surface area contributed by atoms with Gasteiger partial charge >= 0.3 is 0 Å². The third-order valence-corrected chi connectivity index (χ3v) is 3.96. The van der Waals surface area contributed by atoms with Gasteiger partial charge < -0.3 is 4.90 Å². The number of hydrogen-bond donors (Lipinski definition) is 0. The van der Waals surface area contributed by atoms with Gasteiger partial charge in [-0.3, -0.25) is 4.79 Å². The number of amides is 1. The number of anilines is 1. The first-order chi connectivity index (χ1) is 9.54. The summed E-state index contributed by atoms with van der Waals surface area (Å²) >= 11 is 3.42. The van der Waals surface area contributed by atoms with Crippen LogP contribution in [0.3, 0.4) is 0 Å². The lowest BCUT2D eigenvalue weighted by Crippen LogP contribution is -2.27. The van der Waals surface area contributed by atoms with Gasteiger partial charge in [-0.15, -0.1) is 0 Å². The Morgan fingerprint density at radius 1 is 1.25 bits per heavy atom. The number of para-hydroxylation sites is 1. The summed E-state index contributed by atoms with van der Waals surface area (Å²) in [5, 5.41) is 9.10. The van der Waals surface area contributed by atoms with E-state index < -0.39 is 0 Å². The van der Waals surface area contributed by atoms with Crippen LogP contribution in [0.25, 0.3) is 0 Å². The molecule has 0 aliphatic carbocycles. The van der Waals surface area contributed by atoms with Gasteiger partial charge in [0.2, 0.25) is 0 Å². The Morgan fingerprint density at radius 2 is 1.95 bits per heavy atom. The maximum absolute atomic E-state index is 12.5. The molecular formula is C16H13BrN2O. The Morgan fingerprint density at radius 3 is 2.60 bits per heavy atom. The Hall–Kier alpha value is -2.12. The van der Waals surface area contributed by atoms with Crippen LogP contribution >= 0.6 is 15.9 Å². The lowest BCUT2D eigenvalue weighted by atomic mass is 10.1. The van der Waals surface area contributed by atoms with Gasteiger partial charge in [-0.25, -0.2) is 0 Å². The average Bonchev–Trinajstić information content (AvgIpc) is 2.48. The third kappa shape index (κ3) is 2.73. The minimum Gasteiger partial charge on any atom is -0.310 e. The largest absolute Gasteiger partial charge is 0.310 e. The van der Waals surface area contributed by atoms with Crippen molar-refractivity contribution in [3.8, 4) is 6.07 Å². The van der Waals surface area contributed by atoms with Crippen LogP contribution in [0.5, 0.6) is 0 Å². The summed E-state index contributed by atoms with van der Waals surface area (Å²) < 4.78 is 0.894. The van der Waals surface area contributed by atoms with Crippen molar-refractivity contribution in [1.82, 2.24) is 0 Å². The van der Waals surface area contributed by atoms with Gasteiger partial charge in [0.05, 0.1) is 11.3 Å². The highest BCUT2D eigenvalue weighted by Gasteiger charge is 2.16. The van der Waals surface area contributed by atoms with Crippen LogP contribution in [0.15, 0.2) is 46.9 Å². The first kappa shape index (κ1) is 14.3. The summed E-state index contributed by atoms with van der Waals surface area (Å²) in [7, 11) is 1.67. The molecule has 0 heterocycles. The average molecular weight is 329 g/mol. The number of aryl methyl sites for hydroxylation is 1. The molecule has 1 amide bonds. The number of nitrogens with zero attached hydrogens (tertiary/aromatic N) is 2. The van der Waals surface area contributed by atoms with Gasteiger partial charge in [-0.05, 0) is 36.8 Å². The normalized spacial score (nSPS) is 9.90. The lowest BCUT2D eigenvalue weighted by molar-refractivity contribution is 0.0993. The Kier molecular flexibility index (Phi) is 4.21. The van der Waals surface area contributed by atoms with E-state index in [0.29, 0.717) is 16.8 Å². The Labute approximate surface area is 126 Å². The molecule has 0 radical (unpaired) electrons. The van der Waals surface area contributed by atoms with Crippen molar-refractivity contribution in [3.05, 3.63) is 63.6 Å². The van der Waals surface area contributed by atoms with Crippen molar-refractivity contribution < 1.29 is 4.79 Å². The molecule has 0 saturated heterocycles. The molecule has 0 aliphatic heterocycles. The summed E-state index contributed by atoms with van der Waals surface area (Å²) in [4.78, 5) is 14.0. The summed E-state index contributed by atoms with van der Waals surface area (Å²) in [5.41, 5.74) is 2.74. The van der Waals surface area contributed by atoms with Crippen molar-refractivity contribution in [2.24, 2.45) is 0 Å². The lowest BCUT2D eigenvalue weighted by Gasteiger charge is -2.19. The standard InChI is InChI=1S/C16H13BrN2O/c1-11-7-8-12(9-14(11)17)16(20)19(2)15-6-4-3-5-13(15)10-18/h3-9H,1-2H3. The predicted octanol–water partition coefficient (Wildman–Crippen LogP) is 3.91.